The van der Waals surface area contributed by atoms with Crippen molar-refractivity contribution < 1.29 is 4.79 Å². The van der Waals surface area contributed by atoms with Crippen molar-refractivity contribution in [1.29, 1.82) is 0 Å². The largest absolute Gasteiger partial charge is 0.292 e. The molecule has 0 bridgehead atoms. The van der Waals surface area contributed by atoms with E-state index in [1.165, 1.54) is 0 Å². The fourth-order valence-electron chi connectivity index (χ4n) is 1.74. The predicted octanol–water partition coefficient (Wildman–Crippen LogP) is 3.03. The first-order valence-corrected chi connectivity index (χ1v) is 6.05. The molecule has 3 nitrogen and oxygen atoms in total. The summed E-state index contributed by atoms with van der Waals surface area (Å²) in [6.07, 6.45) is 5.46. The van der Waals surface area contributed by atoms with E-state index >= 15 is 0 Å². The molecule has 0 saturated carbocycles. The summed E-state index contributed by atoms with van der Waals surface area (Å²) in [6.45, 7) is 4.20. The molecule has 0 aliphatic heterocycles. The lowest BCUT2D eigenvalue weighted by Crippen LogP contribution is -2.07. The average molecular weight is 240 g/mol. The number of nitrogens with zero attached hydrogens (tertiary/aromatic N) is 2. The molecule has 0 fully saturated rings. The molecule has 2 aromatic rings. The highest BCUT2D eigenvalue weighted by Gasteiger charge is 2.10. The van der Waals surface area contributed by atoms with Gasteiger partial charge in [-0.3, -0.25) is 14.8 Å². The van der Waals surface area contributed by atoms with Crippen LogP contribution in [-0.2, 0) is 6.42 Å². The zero-order chi connectivity index (χ0) is 13.0. The molecule has 0 aliphatic carbocycles. The summed E-state index contributed by atoms with van der Waals surface area (Å²) < 4.78 is 0. The maximum atomic E-state index is 12.1. The second-order valence-corrected chi connectivity index (χ2v) is 4.59. The first-order valence-electron chi connectivity index (χ1n) is 6.05. The van der Waals surface area contributed by atoms with Gasteiger partial charge in [-0.05, 0) is 35.2 Å². The monoisotopic (exact) mass is 240 g/mol. The van der Waals surface area contributed by atoms with Crippen molar-refractivity contribution in [1.82, 2.24) is 9.97 Å². The lowest BCUT2D eigenvalue weighted by atomic mass is 10.0. The number of carbonyl (C=O) groups excluding carboxylic acids is 1. The number of Topliss-reactive ketones (excluding diaryl/α,β-unsaturated/α-hetero) is 1. The molecule has 0 atom stereocenters. The van der Waals surface area contributed by atoms with Gasteiger partial charge in [-0.2, -0.15) is 0 Å². The maximum Gasteiger partial charge on any atom is 0.185 e. The molecule has 0 aromatic carbocycles. The van der Waals surface area contributed by atoms with Crippen molar-refractivity contribution in [3.05, 3.63) is 59.7 Å². The first-order chi connectivity index (χ1) is 8.66. The third-order valence-electron chi connectivity index (χ3n) is 2.82. The van der Waals surface area contributed by atoms with Crippen molar-refractivity contribution in [2.75, 3.05) is 0 Å². The number of aromatic nitrogens is 2. The Hall–Kier alpha value is -2.03. The molecule has 0 N–H and O–H groups in total. The highest BCUT2D eigenvalue weighted by Crippen LogP contribution is 2.15. The smallest absolute Gasteiger partial charge is 0.185 e. The molecule has 18 heavy (non-hydrogen) atoms. The van der Waals surface area contributed by atoms with Crippen LogP contribution in [-0.4, -0.2) is 15.8 Å². The molecule has 0 radical (unpaired) electrons. The summed E-state index contributed by atoms with van der Waals surface area (Å²) in [5, 5.41) is 0. The van der Waals surface area contributed by atoms with Gasteiger partial charge in [0.25, 0.3) is 0 Å². The predicted molar refractivity (Wildman–Crippen MR) is 70.6 cm³/mol. The van der Waals surface area contributed by atoms with Gasteiger partial charge in [0, 0.05) is 25.0 Å². The van der Waals surface area contributed by atoms with E-state index < -0.39 is 0 Å². The van der Waals surface area contributed by atoms with Gasteiger partial charge >= 0.3 is 0 Å². The third kappa shape index (κ3) is 3.00. The summed E-state index contributed by atoms with van der Waals surface area (Å²) in [5.74, 6) is 0.434. The minimum absolute atomic E-state index is 0.0329. The Morgan fingerprint density at radius 3 is 2.78 bits per heavy atom. The van der Waals surface area contributed by atoms with Gasteiger partial charge in [0.1, 0.15) is 5.69 Å². The van der Waals surface area contributed by atoms with Crippen LogP contribution in [0.15, 0.2) is 42.9 Å². The second-order valence-electron chi connectivity index (χ2n) is 4.59. The van der Waals surface area contributed by atoms with Crippen LogP contribution in [0.3, 0.4) is 0 Å². The van der Waals surface area contributed by atoms with Gasteiger partial charge in [-0.15, -0.1) is 0 Å². The van der Waals surface area contributed by atoms with Crippen molar-refractivity contribution >= 4 is 5.78 Å². The zero-order valence-corrected chi connectivity index (χ0v) is 10.6. The van der Waals surface area contributed by atoms with E-state index in [1.54, 1.807) is 18.6 Å². The van der Waals surface area contributed by atoms with Gasteiger partial charge in [0.15, 0.2) is 5.78 Å². The lowest BCUT2D eigenvalue weighted by Gasteiger charge is -2.06. The average Bonchev–Trinajstić information content (AvgIpc) is 2.40. The van der Waals surface area contributed by atoms with Crippen LogP contribution in [0.1, 0.15) is 41.4 Å². The third-order valence-corrected chi connectivity index (χ3v) is 2.82. The van der Waals surface area contributed by atoms with E-state index in [9.17, 15) is 4.79 Å². The topological polar surface area (TPSA) is 42.9 Å². The van der Waals surface area contributed by atoms with Gasteiger partial charge in [0.2, 0.25) is 0 Å². The minimum Gasteiger partial charge on any atom is -0.292 e. The number of hydrogen-bond acceptors (Lipinski definition) is 3. The Bertz CT molecular complexity index is 535. The van der Waals surface area contributed by atoms with Gasteiger partial charge in [-0.1, -0.05) is 19.9 Å². The zero-order valence-electron chi connectivity index (χ0n) is 10.6. The Balaban J connectivity index is 2.16. The standard InChI is InChI=1S/C15H16N2O/c1-11(2)13-5-7-17-14(9-13)15(18)8-12-4-3-6-16-10-12/h3-7,9-11H,8H2,1-2H3. The molecule has 2 heterocycles. The molecular weight excluding hydrogens is 224 g/mol. The van der Waals surface area contributed by atoms with E-state index in [0.29, 0.717) is 18.0 Å². The van der Waals surface area contributed by atoms with Crippen LogP contribution < -0.4 is 0 Å². The van der Waals surface area contributed by atoms with E-state index in [4.69, 9.17) is 0 Å². The van der Waals surface area contributed by atoms with Crippen LogP contribution >= 0.6 is 0 Å². The van der Waals surface area contributed by atoms with Gasteiger partial charge in [0.05, 0.1) is 0 Å². The first kappa shape index (κ1) is 12.4. The molecule has 0 unspecified atom stereocenters. The summed E-state index contributed by atoms with van der Waals surface area (Å²) in [7, 11) is 0. The Morgan fingerprint density at radius 1 is 1.28 bits per heavy atom. The molecule has 92 valence electrons. The normalized spacial score (nSPS) is 10.6. The van der Waals surface area contributed by atoms with E-state index in [0.717, 1.165) is 11.1 Å². The number of hydrogen-bond donors (Lipinski definition) is 0. The summed E-state index contributed by atoms with van der Waals surface area (Å²) >= 11 is 0. The Kier molecular flexibility index (Phi) is 3.82. The lowest BCUT2D eigenvalue weighted by molar-refractivity contribution is 0.0988. The van der Waals surface area contributed by atoms with E-state index in [1.807, 2.05) is 24.3 Å². The van der Waals surface area contributed by atoms with Crippen molar-refractivity contribution in [3.63, 3.8) is 0 Å². The molecule has 2 aromatic heterocycles. The highest BCUT2D eigenvalue weighted by molar-refractivity contribution is 5.95. The molecule has 0 amide bonds. The van der Waals surface area contributed by atoms with Crippen LogP contribution in [0, 0.1) is 0 Å². The summed E-state index contributed by atoms with van der Waals surface area (Å²) in [4.78, 5) is 20.3. The van der Waals surface area contributed by atoms with Crippen LogP contribution in [0.2, 0.25) is 0 Å². The number of carbonyl (C=O) groups is 1. The Morgan fingerprint density at radius 2 is 2.11 bits per heavy atom. The van der Waals surface area contributed by atoms with Crippen LogP contribution in [0.5, 0.6) is 0 Å². The SMILES string of the molecule is CC(C)c1ccnc(C(=O)Cc2cccnc2)c1. The number of pyridine rings is 2. The molecule has 0 spiro atoms. The second kappa shape index (κ2) is 5.54. The molecular formula is C15H16N2O. The fraction of sp³-hybridized carbons (Fsp3) is 0.267. The van der Waals surface area contributed by atoms with Crippen molar-refractivity contribution in [3.8, 4) is 0 Å². The summed E-state index contributed by atoms with van der Waals surface area (Å²) in [5.41, 5.74) is 2.59. The number of ketones is 1. The summed E-state index contributed by atoms with van der Waals surface area (Å²) in [6, 6.07) is 7.56. The molecule has 2 rings (SSSR count). The number of rotatable bonds is 4. The minimum atomic E-state index is 0.0329. The van der Waals surface area contributed by atoms with Crippen LogP contribution in [0.25, 0.3) is 0 Å². The van der Waals surface area contributed by atoms with Crippen molar-refractivity contribution in [2.45, 2.75) is 26.2 Å². The quantitative estimate of drug-likeness (QED) is 0.771. The molecule has 3 heteroatoms. The van der Waals surface area contributed by atoms with Crippen LogP contribution in [0.4, 0.5) is 0 Å². The van der Waals surface area contributed by atoms with Crippen molar-refractivity contribution in [2.24, 2.45) is 0 Å². The molecule has 0 saturated heterocycles. The maximum absolute atomic E-state index is 12.1. The van der Waals surface area contributed by atoms with E-state index in [-0.39, 0.29) is 5.78 Å². The fourth-order valence-corrected chi connectivity index (χ4v) is 1.74. The molecule has 0 aliphatic rings. The highest BCUT2D eigenvalue weighted by atomic mass is 16.1. The van der Waals surface area contributed by atoms with E-state index in [2.05, 4.69) is 23.8 Å². The Labute approximate surface area is 107 Å². The van der Waals surface area contributed by atoms with Gasteiger partial charge < -0.3 is 0 Å². The van der Waals surface area contributed by atoms with Gasteiger partial charge in [-0.25, -0.2) is 0 Å².